The van der Waals surface area contributed by atoms with Crippen molar-refractivity contribution >= 4 is 17.8 Å². The lowest BCUT2D eigenvalue weighted by molar-refractivity contribution is -0.162. The van der Waals surface area contributed by atoms with Crippen LogP contribution in [0.2, 0.25) is 0 Å². The van der Waals surface area contributed by atoms with Crippen LogP contribution in [0.1, 0.15) is 70.9 Å². The molecule has 192 valence electrons. The highest BCUT2D eigenvalue weighted by atomic mass is 16.6. The van der Waals surface area contributed by atoms with Gasteiger partial charge in [-0.1, -0.05) is 57.0 Å². The monoisotopic (exact) mass is 486 g/mol. The second kappa shape index (κ2) is 10.3. The zero-order valence-corrected chi connectivity index (χ0v) is 21.0. The van der Waals surface area contributed by atoms with Crippen molar-refractivity contribution < 1.29 is 29.0 Å². The van der Waals surface area contributed by atoms with E-state index in [0.29, 0.717) is 25.8 Å². The first-order chi connectivity index (χ1) is 16.9. The zero-order valence-electron chi connectivity index (χ0n) is 21.0. The van der Waals surface area contributed by atoms with E-state index in [1.165, 1.54) is 4.90 Å². The van der Waals surface area contributed by atoms with Crippen LogP contribution < -0.4 is 5.32 Å². The standard InChI is InChI=1S/C27H38N2O6/c1-4-7-11-16-28-23(31)22-27-15-14-26(5-2,35-27)21(25(33)34-6-3)20(27)24(32)29(22)19(17-30)18-12-9-8-10-13-18/h8-10,12-13,19-22,30H,4-7,11,14-17H2,1-3H3,(H,28,31)/t19-,20+,21+,22?,26-,27?/m1/s1. The van der Waals surface area contributed by atoms with Crippen molar-refractivity contribution in [3.05, 3.63) is 35.9 Å². The van der Waals surface area contributed by atoms with Gasteiger partial charge in [0, 0.05) is 6.54 Å². The molecule has 6 atom stereocenters. The van der Waals surface area contributed by atoms with Crippen molar-refractivity contribution in [2.75, 3.05) is 19.8 Å². The molecule has 0 radical (unpaired) electrons. The van der Waals surface area contributed by atoms with Crippen LogP contribution in [0.4, 0.5) is 0 Å². The number of unbranched alkanes of at least 4 members (excludes halogenated alkanes) is 2. The highest BCUT2D eigenvalue weighted by Gasteiger charge is 2.79. The summed E-state index contributed by atoms with van der Waals surface area (Å²) in [4.78, 5) is 42.6. The fourth-order valence-electron chi connectivity index (χ4n) is 6.59. The van der Waals surface area contributed by atoms with Crippen molar-refractivity contribution in [1.29, 1.82) is 0 Å². The van der Waals surface area contributed by atoms with E-state index in [0.717, 1.165) is 24.8 Å². The van der Waals surface area contributed by atoms with E-state index >= 15 is 0 Å². The molecule has 0 aliphatic carbocycles. The van der Waals surface area contributed by atoms with E-state index < -0.39 is 41.1 Å². The fourth-order valence-corrected chi connectivity index (χ4v) is 6.59. The molecule has 35 heavy (non-hydrogen) atoms. The summed E-state index contributed by atoms with van der Waals surface area (Å²) in [5.41, 5.74) is -1.21. The minimum absolute atomic E-state index is 0.206. The van der Waals surface area contributed by atoms with Crippen LogP contribution in [0.15, 0.2) is 30.3 Å². The summed E-state index contributed by atoms with van der Waals surface area (Å²) in [5, 5.41) is 13.5. The molecule has 8 heteroatoms. The Balaban J connectivity index is 1.78. The molecule has 2 N–H and O–H groups in total. The molecule has 2 bridgehead atoms. The van der Waals surface area contributed by atoms with E-state index in [1.807, 2.05) is 37.3 Å². The van der Waals surface area contributed by atoms with Crippen LogP contribution in [0.5, 0.6) is 0 Å². The summed E-state index contributed by atoms with van der Waals surface area (Å²) in [5.74, 6) is -2.65. The first-order valence-corrected chi connectivity index (χ1v) is 13.0. The largest absolute Gasteiger partial charge is 0.466 e. The predicted octanol–water partition coefficient (Wildman–Crippen LogP) is 2.74. The lowest BCUT2D eigenvalue weighted by atomic mass is 9.65. The maximum absolute atomic E-state index is 14.2. The molecule has 2 unspecified atom stereocenters. The Bertz CT molecular complexity index is 939. The average Bonchev–Trinajstić information content (AvgIpc) is 3.47. The molecule has 3 aliphatic heterocycles. The van der Waals surface area contributed by atoms with E-state index in [4.69, 9.17) is 9.47 Å². The van der Waals surface area contributed by atoms with Crippen molar-refractivity contribution in [2.24, 2.45) is 11.8 Å². The Labute approximate surface area is 207 Å². The minimum atomic E-state index is -1.12. The molecular formula is C27H38N2O6. The second-order valence-electron chi connectivity index (χ2n) is 9.94. The van der Waals surface area contributed by atoms with E-state index in [1.54, 1.807) is 6.92 Å². The first-order valence-electron chi connectivity index (χ1n) is 13.0. The normalized spacial score (nSPS) is 31.9. The molecule has 1 spiro atoms. The number of esters is 1. The Morgan fingerprint density at radius 2 is 1.94 bits per heavy atom. The van der Waals surface area contributed by atoms with Gasteiger partial charge in [-0.05, 0) is 38.2 Å². The van der Waals surface area contributed by atoms with Gasteiger partial charge in [0.15, 0.2) is 0 Å². The topological polar surface area (TPSA) is 105 Å². The van der Waals surface area contributed by atoms with Crippen molar-refractivity contribution in [3.63, 3.8) is 0 Å². The number of ether oxygens (including phenoxy) is 2. The molecule has 3 aliphatic rings. The molecule has 0 saturated carbocycles. The third-order valence-corrected chi connectivity index (χ3v) is 8.18. The summed E-state index contributed by atoms with van der Waals surface area (Å²) in [6.45, 7) is 6.15. The van der Waals surface area contributed by atoms with Crippen molar-refractivity contribution in [1.82, 2.24) is 10.2 Å². The summed E-state index contributed by atoms with van der Waals surface area (Å²) in [7, 11) is 0. The van der Waals surface area contributed by atoms with Crippen LogP contribution in [0.25, 0.3) is 0 Å². The number of hydrogen-bond acceptors (Lipinski definition) is 6. The van der Waals surface area contributed by atoms with Gasteiger partial charge in [-0.3, -0.25) is 14.4 Å². The number of nitrogens with zero attached hydrogens (tertiary/aromatic N) is 1. The lowest BCUT2D eigenvalue weighted by Crippen LogP contribution is -2.56. The van der Waals surface area contributed by atoms with Gasteiger partial charge in [0.05, 0.1) is 30.8 Å². The Hall–Kier alpha value is -2.45. The van der Waals surface area contributed by atoms with Gasteiger partial charge in [0.2, 0.25) is 11.8 Å². The number of likely N-dealkylation sites (tertiary alicyclic amines) is 1. The Morgan fingerprint density at radius 3 is 2.57 bits per heavy atom. The van der Waals surface area contributed by atoms with Crippen LogP contribution in [-0.2, 0) is 23.9 Å². The van der Waals surface area contributed by atoms with Gasteiger partial charge in [0.1, 0.15) is 17.6 Å². The fraction of sp³-hybridized carbons (Fsp3) is 0.667. The van der Waals surface area contributed by atoms with Crippen molar-refractivity contribution in [2.45, 2.75) is 82.6 Å². The van der Waals surface area contributed by atoms with Gasteiger partial charge in [-0.25, -0.2) is 0 Å². The molecule has 3 saturated heterocycles. The van der Waals surface area contributed by atoms with E-state index in [9.17, 15) is 19.5 Å². The third kappa shape index (κ3) is 4.04. The molecule has 3 heterocycles. The summed E-state index contributed by atoms with van der Waals surface area (Å²) >= 11 is 0. The molecule has 0 aromatic heterocycles. The average molecular weight is 487 g/mol. The van der Waals surface area contributed by atoms with Gasteiger partial charge < -0.3 is 24.8 Å². The van der Waals surface area contributed by atoms with Crippen LogP contribution >= 0.6 is 0 Å². The van der Waals surface area contributed by atoms with E-state index in [2.05, 4.69) is 12.2 Å². The van der Waals surface area contributed by atoms with E-state index in [-0.39, 0.29) is 25.0 Å². The quantitative estimate of drug-likeness (QED) is 0.368. The number of amides is 2. The maximum Gasteiger partial charge on any atom is 0.312 e. The second-order valence-corrected chi connectivity index (χ2v) is 9.94. The number of aliphatic hydroxyl groups is 1. The molecule has 1 aromatic carbocycles. The van der Waals surface area contributed by atoms with Gasteiger partial charge in [-0.2, -0.15) is 0 Å². The van der Waals surface area contributed by atoms with Crippen LogP contribution in [0.3, 0.4) is 0 Å². The molecule has 3 fully saturated rings. The zero-order chi connectivity index (χ0) is 25.2. The number of benzene rings is 1. The number of carbonyl (C=O) groups excluding carboxylic acids is 3. The molecule has 8 nitrogen and oxygen atoms in total. The maximum atomic E-state index is 14.2. The summed E-state index contributed by atoms with van der Waals surface area (Å²) in [6, 6.07) is 7.56. The summed E-state index contributed by atoms with van der Waals surface area (Å²) < 4.78 is 12.1. The summed E-state index contributed by atoms with van der Waals surface area (Å²) in [6.07, 6.45) is 4.50. The third-order valence-electron chi connectivity index (χ3n) is 8.18. The highest BCUT2D eigenvalue weighted by molar-refractivity contribution is 5.98. The molecule has 2 amide bonds. The Kier molecular flexibility index (Phi) is 7.52. The molecule has 4 rings (SSSR count). The highest BCUT2D eigenvalue weighted by Crippen LogP contribution is 2.65. The smallest absolute Gasteiger partial charge is 0.312 e. The van der Waals surface area contributed by atoms with Gasteiger partial charge in [0.25, 0.3) is 0 Å². The predicted molar refractivity (Wildman–Crippen MR) is 129 cm³/mol. The Morgan fingerprint density at radius 1 is 1.20 bits per heavy atom. The van der Waals surface area contributed by atoms with Crippen LogP contribution in [-0.4, -0.2) is 64.8 Å². The SMILES string of the molecule is CCCCCNC(=O)C1N([C@H](CO)c2ccccc2)C(=O)[C@@H]2[C@@H](C(=O)OCC)[C@@]3(CC)CCC12O3. The molecular weight excluding hydrogens is 448 g/mol. The number of rotatable bonds is 11. The number of aliphatic hydroxyl groups excluding tert-OH is 1. The lowest BCUT2D eigenvalue weighted by Gasteiger charge is -2.37. The van der Waals surface area contributed by atoms with Gasteiger partial charge in [-0.15, -0.1) is 0 Å². The van der Waals surface area contributed by atoms with Crippen molar-refractivity contribution in [3.8, 4) is 0 Å². The van der Waals surface area contributed by atoms with Gasteiger partial charge >= 0.3 is 5.97 Å². The number of hydrogen-bond donors (Lipinski definition) is 2. The van der Waals surface area contributed by atoms with Crippen LogP contribution in [0, 0.1) is 11.8 Å². The minimum Gasteiger partial charge on any atom is -0.466 e. The molecule has 1 aromatic rings. The number of fused-ring (bicyclic) bond motifs is 1. The number of nitrogens with one attached hydrogen (secondary N) is 1. The number of carbonyl (C=O) groups is 3. The first kappa shape index (κ1) is 25.6.